The van der Waals surface area contributed by atoms with Crippen LogP contribution in [-0.4, -0.2) is 62.9 Å². The van der Waals surface area contributed by atoms with E-state index in [-0.39, 0.29) is 11.8 Å². The van der Waals surface area contributed by atoms with E-state index in [1.807, 2.05) is 4.90 Å². The molecule has 1 unspecified atom stereocenters. The molecule has 1 aliphatic heterocycles. The number of benzene rings is 1. The summed E-state index contributed by atoms with van der Waals surface area (Å²) in [7, 11) is 0. The first-order chi connectivity index (χ1) is 14.4. The highest BCUT2D eigenvalue weighted by Crippen LogP contribution is 2.29. The van der Waals surface area contributed by atoms with Crippen LogP contribution in [0, 0.1) is 0 Å². The van der Waals surface area contributed by atoms with Crippen LogP contribution < -0.4 is 10.2 Å². The molecule has 11 heteroatoms. The first kappa shape index (κ1) is 20.0. The number of aromatic nitrogens is 4. The number of nitrogens with zero attached hydrogens (tertiary/aromatic N) is 5. The van der Waals surface area contributed by atoms with Crippen molar-refractivity contribution in [2.75, 3.05) is 36.5 Å². The van der Waals surface area contributed by atoms with Crippen LogP contribution in [0.5, 0.6) is 0 Å². The molecule has 3 heterocycles. The summed E-state index contributed by atoms with van der Waals surface area (Å²) in [5, 5.41) is 11.9. The molecule has 0 saturated carbocycles. The standard InChI is InChI=1S/C19H20F2N6O3/c1-11(18(28)29)22-19-24-14(26-6-8-30-9-7-26)10-15(25-19)27-13-5-3-2-4-12(13)23-17(27)16(20)21/h2-5,10-11,16H,6-9H2,1H3,(H,28,29)(H,22,24,25). The van der Waals surface area contributed by atoms with Crippen molar-refractivity contribution in [3.63, 3.8) is 0 Å². The van der Waals surface area contributed by atoms with Gasteiger partial charge >= 0.3 is 5.97 Å². The van der Waals surface area contributed by atoms with Gasteiger partial charge in [0.1, 0.15) is 17.7 Å². The molecule has 2 N–H and O–H groups in total. The number of nitrogens with one attached hydrogen (secondary N) is 1. The molecule has 158 valence electrons. The molecule has 0 amide bonds. The summed E-state index contributed by atoms with van der Waals surface area (Å²) in [5.74, 6) is -0.836. The van der Waals surface area contributed by atoms with Crippen molar-refractivity contribution < 1.29 is 23.4 Å². The zero-order valence-electron chi connectivity index (χ0n) is 16.1. The van der Waals surface area contributed by atoms with Gasteiger partial charge in [0.2, 0.25) is 5.95 Å². The highest BCUT2D eigenvalue weighted by Gasteiger charge is 2.24. The molecule has 1 aliphatic rings. The van der Waals surface area contributed by atoms with E-state index in [1.54, 1.807) is 30.3 Å². The topological polar surface area (TPSA) is 105 Å². The van der Waals surface area contributed by atoms with Crippen LogP contribution >= 0.6 is 0 Å². The molecule has 3 aromatic rings. The predicted octanol–water partition coefficient (Wildman–Crippen LogP) is 2.47. The van der Waals surface area contributed by atoms with Gasteiger partial charge in [-0.15, -0.1) is 0 Å². The Kier molecular flexibility index (Phi) is 5.44. The quantitative estimate of drug-likeness (QED) is 0.629. The number of alkyl halides is 2. The average Bonchev–Trinajstić information content (AvgIpc) is 3.14. The molecule has 0 spiro atoms. The SMILES string of the molecule is CC(Nc1nc(N2CCOCC2)cc(-n2c(C(F)F)nc3ccccc32)n1)C(=O)O. The summed E-state index contributed by atoms with van der Waals surface area (Å²) in [6.07, 6.45) is -2.83. The molecule has 1 atom stereocenters. The van der Waals surface area contributed by atoms with Gasteiger partial charge in [0.15, 0.2) is 5.82 Å². The number of para-hydroxylation sites is 2. The highest BCUT2D eigenvalue weighted by molar-refractivity contribution is 5.78. The number of imidazole rings is 1. The number of carboxylic acids is 1. The summed E-state index contributed by atoms with van der Waals surface area (Å²) in [5.41, 5.74) is 0.879. The number of carbonyl (C=O) groups is 1. The van der Waals surface area contributed by atoms with Crippen LogP contribution in [0.1, 0.15) is 19.2 Å². The molecule has 30 heavy (non-hydrogen) atoms. The Morgan fingerprint density at radius 1 is 1.17 bits per heavy atom. The van der Waals surface area contributed by atoms with Gasteiger partial charge in [0, 0.05) is 19.2 Å². The lowest BCUT2D eigenvalue weighted by Crippen LogP contribution is -2.37. The van der Waals surface area contributed by atoms with Crippen LogP contribution in [0.4, 0.5) is 20.5 Å². The van der Waals surface area contributed by atoms with Crippen molar-refractivity contribution in [3.05, 3.63) is 36.2 Å². The number of fused-ring (bicyclic) bond motifs is 1. The zero-order valence-corrected chi connectivity index (χ0v) is 16.1. The third kappa shape index (κ3) is 3.88. The largest absolute Gasteiger partial charge is 0.480 e. The molecule has 4 rings (SSSR count). The van der Waals surface area contributed by atoms with Gasteiger partial charge in [0.25, 0.3) is 6.43 Å². The van der Waals surface area contributed by atoms with Gasteiger partial charge in [-0.1, -0.05) is 12.1 Å². The summed E-state index contributed by atoms with van der Waals surface area (Å²) in [6, 6.07) is 7.40. The Balaban J connectivity index is 1.87. The normalized spacial score (nSPS) is 15.5. The molecule has 2 aromatic heterocycles. The molecular weight excluding hydrogens is 398 g/mol. The Labute approximate surface area is 170 Å². The monoisotopic (exact) mass is 418 g/mol. The van der Waals surface area contributed by atoms with Crippen molar-refractivity contribution in [2.24, 2.45) is 0 Å². The van der Waals surface area contributed by atoms with Gasteiger partial charge in [-0.2, -0.15) is 9.97 Å². The summed E-state index contributed by atoms with van der Waals surface area (Å²) in [4.78, 5) is 26.0. The summed E-state index contributed by atoms with van der Waals surface area (Å²) < 4.78 is 34.2. The Morgan fingerprint density at radius 2 is 1.87 bits per heavy atom. The van der Waals surface area contributed by atoms with Gasteiger partial charge in [-0.05, 0) is 19.1 Å². The van der Waals surface area contributed by atoms with Crippen LogP contribution in [0.25, 0.3) is 16.9 Å². The third-order valence-corrected chi connectivity index (χ3v) is 4.76. The van der Waals surface area contributed by atoms with E-state index in [2.05, 4.69) is 20.3 Å². The van der Waals surface area contributed by atoms with E-state index in [9.17, 15) is 18.7 Å². The highest BCUT2D eigenvalue weighted by atomic mass is 19.3. The number of hydrogen-bond acceptors (Lipinski definition) is 7. The molecular formula is C19H20F2N6O3. The van der Waals surface area contributed by atoms with E-state index < -0.39 is 24.3 Å². The maximum absolute atomic E-state index is 13.8. The van der Waals surface area contributed by atoms with Crippen LogP contribution in [0.3, 0.4) is 0 Å². The fraction of sp³-hybridized carbons (Fsp3) is 0.368. The smallest absolute Gasteiger partial charge is 0.325 e. The summed E-state index contributed by atoms with van der Waals surface area (Å²) in [6.45, 7) is 3.59. The zero-order chi connectivity index (χ0) is 21.3. The Morgan fingerprint density at radius 3 is 2.57 bits per heavy atom. The number of carboxylic acid groups (broad SMARTS) is 1. The number of morpholine rings is 1. The lowest BCUT2D eigenvalue weighted by atomic mass is 10.3. The van der Waals surface area contributed by atoms with Crippen molar-refractivity contribution in [2.45, 2.75) is 19.4 Å². The van der Waals surface area contributed by atoms with Gasteiger partial charge in [-0.25, -0.2) is 13.8 Å². The second-order valence-electron chi connectivity index (χ2n) is 6.81. The molecule has 0 radical (unpaired) electrons. The fourth-order valence-corrected chi connectivity index (χ4v) is 3.24. The maximum atomic E-state index is 13.8. The molecule has 9 nitrogen and oxygen atoms in total. The van der Waals surface area contributed by atoms with Gasteiger partial charge in [0.05, 0.1) is 24.2 Å². The minimum atomic E-state index is -2.83. The van der Waals surface area contributed by atoms with Crippen molar-refractivity contribution in [1.29, 1.82) is 0 Å². The number of ether oxygens (including phenoxy) is 1. The first-order valence-electron chi connectivity index (χ1n) is 9.41. The van der Waals surface area contributed by atoms with Crippen LogP contribution in [-0.2, 0) is 9.53 Å². The predicted molar refractivity (Wildman–Crippen MR) is 105 cm³/mol. The van der Waals surface area contributed by atoms with E-state index in [0.29, 0.717) is 43.2 Å². The maximum Gasteiger partial charge on any atom is 0.325 e. The van der Waals surface area contributed by atoms with Crippen LogP contribution in [0.2, 0.25) is 0 Å². The van der Waals surface area contributed by atoms with Crippen LogP contribution in [0.15, 0.2) is 30.3 Å². The minimum Gasteiger partial charge on any atom is -0.480 e. The number of halogens is 2. The van der Waals surface area contributed by atoms with E-state index >= 15 is 0 Å². The minimum absolute atomic E-state index is 0.0295. The third-order valence-electron chi connectivity index (χ3n) is 4.76. The fourth-order valence-electron chi connectivity index (χ4n) is 3.24. The molecule has 1 saturated heterocycles. The Bertz CT molecular complexity index is 1070. The molecule has 0 bridgehead atoms. The van der Waals surface area contributed by atoms with Crippen molar-refractivity contribution in [1.82, 2.24) is 19.5 Å². The van der Waals surface area contributed by atoms with E-state index in [1.165, 1.54) is 11.5 Å². The lowest BCUT2D eigenvalue weighted by Gasteiger charge is -2.28. The number of hydrogen-bond donors (Lipinski definition) is 2. The average molecular weight is 418 g/mol. The number of anilines is 2. The molecule has 1 aromatic carbocycles. The van der Waals surface area contributed by atoms with E-state index in [4.69, 9.17) is 4.74 Å². The summed E-state index contributed by atoms with van der Waals surface area (Å²) >= 11 is 0. The van der Waals surface area contributed by atoms with E-state index in [0.717, 1.165) is 0 Å². The first-order valence-corrected chi connectivity index (χ1v) is 9.41. The second-order valence-corrected chi connectivity index (χ2v) is 6.81. The van der Waals surface area contributed by atoms with Crippen molar-refractivity contribution in [3.8, 4) is 5.82 Å². The Hall–Kier alpha value is -3.34. The molecule has 0 aliphatic carbocycles. The van der Waals surface area contributed by atoms with Gasteiger partial charge in [-0.3, -0.25) is 9.36 Å². The number of rotatable bonds is 6. The second kappa shape index (κ2) is 8.19. The lowest BCUT2D eigenvalue weighted by molar-refractivity contribution is -0.137. The van der Waals surface area contributed by atoms with Gasteiger partial charge < -0.3 is 20.1 Å². The molecule has 1 fully saturated rings. The number of aliphatic carboxylic acids is 1. The van der Waals surface area contributed by atoms with Crippen molar-refractivity contribution >= 4 is 28.8 Å².